The van der Waals surface area contributed by atoms with Crippen LogP contribution >= 0.6 is 23.2 Å². The van der Waals surface area contributed by atoms with Gasteiger partial charge in [0.15, 0.2) is 0 Å². The molecule has 0 aliphatic rings. The van der Waals surface area contributed by atoms with Crippen molar-refractivity contribution in [3.8, 4) is 5.75 Å². The molecule has 0 amide bonds. The van der Waals surface area contributed by atoms with Crippen LogP contribution in [0.1, 0.15) is 24.3 Å². The average Bonchev–Trinajstić information content (AvgIpc) is 2.85. The maximum Gasteiger partial charge on any atom is 0.138 e. The fourth-order valence-corrected chi connectivity index (χ4v) is 2.19. The second kappa shape index (κ2) is 5.65. The van der Waals surface area contributed by atoms with E-state index in [2.05, 4.69) is 5.32 Å². The van der Waals surface area contributed by atoms with Crippen molar-refractivity contribution in [2.75, 3.05) is 0 Å². The first kappa shape index (κ1) is 13.3. The molecule has 1 unspecified atom stereocenters. The van der Waals surface area contributed by atoms with Crippen LogP contribution in [0.15, 0.2) is 34.9 Å². The number of hydrogen-bond donors (Lipinski definition) is 2. The third-order valence-corrected chi connectivity index (χ3v) is 3.18. The smallest absolute Gasteiger partial charge is 0.138 e. The van der Waals surface area contributed by atoms with E-state index < -0.39 is 0 Å². The van der Waals surface area contributed by atoms with Crippen molar-refractivity contribution in [2.45, 2.75) is 19.5 Å². The summed E-state index contributed by atoms with van der Waals surface area (Å²) in [6.45, 7) is 2.43. The zero-order chi connectivity index (χ0) is 13.1. The summed E-state index contributed by atoms with van der Waals surface area (Å²) in [4.78, 5) is 0. The van der Waals surface area contributed by atoms with Crippen LogP contribution in [0.25, 0.3) is 0 Å². The van der Waals surface area contributed by atoms with Crippen molar-refractivity contribution in [3.63, 3.8) is 0 Å². The minimum atomic E-state index is 0.0390. The fraction of sp³-hybridized carbons (Fsp3) is 0.231. The molecule has 0 fully saturated rings. The molecule has 1 aromatic carbocycles. The van der Waals surface area contributed by atoms with E-state index in [0.29, 0.717) is 17.1 Å². The second-order valence-corrected chi connectivity index (χ2v) is 4.86. The molecule has 0 saturated carbocycles. The molecule has 0 bridgehead atoms. The van der Waals surface area contributed by atoms with E-state index in [1.807, 2.05) is 19.1 Å². The van der Waals surface area contributed by atoms with Crippen LogP contribution in [0.3, 0.4) is 0 Å². The number of furan rings is 1. The highest BCUT2D eigenvalue weighted by molar-refractivity contribution is 6.35. The fourth-order valence-electron chi connectivity index (χ4n) is 1.66. The van der Waals surface area contributed by atoms with E-state index >= 15 is 0 Å². The van der Waals surface area contributed by atoms with Gasteiger partial charge in [-0.1, -0.05) is 23.2 Å². The van der Waals surface area contributed by atoms with E-state index in [1.165, 1.54) is 6.07 Å². The molecule has 5 heteroatoms. The number of benzene rings is 1. The topological polar surface area (TPSA) is 45.4 Å². The van der Waals surface area contributed by atoms with Crippen LogP contribution in [0.4, 0.5) is 0 Å². The lowest BCUT2D eigenvalue weighted by atomic mass is 10.1. The van der Waals surface area contributed by atoms with Crippen LogP contribution in [-0.2, 0) is 6.54 Å². The monoisotopic (exact) mass is 285 g/mol. The number of rotatable bonds is 4. The summed E-state index contributed by atoms with van der Waals surface area (Å²) >= 11 is 11.7. The molecule has 0 spiro atoms. The SMILES string of the molecule is CC(NCc1cc(Cl)cc(Cl)c1O)c1ccco1. The minimum Gasteiger partial charge on any atom is -0.506 e. The van der Waals surface area contributed by atoms with Gasteiger partial charge < -0.3 is 14.8 Å². The molecule has 0 aliphatic carbocycles. The number of nitrogens with one attached hydrogen (secondary N) is 1. The third kappa shape index (κ3) is 2.99. The molecule has 2 aromatic rings. The Kier molecular flexibility index (Phi) is 4.17. The van der Waals surface area contributed by atoms with E-state index in [0.717, 1.165) is 5.76 Å². The summed E-state index contributed by atoms with van der Waals surface area (Å²) in [5, 5.41) is 13.8. The van der Waals surface area contributed by atoms with E-state index in [9.17, 15) is 5.11 Å². The maximum atomic E-state index is 9.81. The Balaban J connectivity index is 2.06. The summed E-state index contributed by atoms with van der Waals surface area (Å²) < 4.78 is 5.28. The summed E-state index contributed by atoms with van der Waals surface area (Å²) in [6, 6.07) is 6.96. The third-order valence-electron chi connectivity index (χ3n) is 2.68. The van der Waals surface area contributed by atoms with Gasteiger partial charge in [-0.2, -0.15) is 0 Å². The maximum absolute atomic E-state index is 9.81. The van der Waals surface area contributed by atoms with Crippen LogP contribution in [0.2, 0.25) is 10.0 Å². The predicted molar refractivity (Wildman–Crippen MR) is 72.1 cm³/mol. The predicted octanol–water partition coefficient (Wildman–Crippen LogP) is 4.14. The van der Waals surface area contributed by atoms with Gasteiger partial charge >= 0.3 is 0 Å². The Morgan fingerprint density at radius 1 is 1.39 bits per heavy atom. The lowest BCUT2D eigenvalue weighted by Crippen LogP contribution is -2.17. The molecule has 1 heterocycles. The van der Waals surface area contributed by atoms with Gasteiger partial charge in [0.2, 0.25) is 0 Å². The first-order valence-electron chi connectivity index (χ1n) is 5.51. The van der Waals surface area contributed by atoms with Crippen molar-refractivity contribution >= 4 is 23.2 Å². The van der Waals surface area contributed by atoms with E-state index in [1.54, 1.807) is 12.3 Å². The van der Waals surface area contributed by atoms with Gasteiger partial charge in [0.1, 0.15) is 11.5 Å². The molecule has 1 aromatic heterocycles. The molecule has 2 rings (SSSR count). The number of phenols is 1. The summed E-state index contributed by atoms with van der Waals surface area (Å²) in [6.07, 6.45) is 1.63. The van der Waals surface area contributed by atoms with Gasteiger partial charge in [0.25, 0.3) is 0 Å². The Morgan fingerprint density at radius 2 is 2.17 bits per heavy atom. The van der Waals surface area contributed by atoms with Crippen LogP contribution in [0.5, 0.6) is 5.75 Å². The molecule has 1 atom stereocenters. The van der Waals surface area contributed by atoms with Gasteiger partial charge in [0, 0.05) is 17.1 Å². The van der Waals surface area contributed by atoms with Gasteiger partial charge in [-0.05, 0) is 31.2 Å². The van der Waals surface area contributed by atoms with Gasteiger partial charge in [-0.15, -0.1) is 0 Å². The number of halogens is 2. The van der Waals surface area contributed by atoms with Crippen molar-refractivity contribution in [3.05, 3.63) is 51.9 Å². The molecular formula is C13H13Cl2NO2. The van der Waals surface area contributed by atoms with Crippen LogP contribution in [0, 0.1) is 0 Å². The lowest BCUT2D eigenvalue weighted by molar-refractivity contribution is 0.422. The molecule has 0 radical (unpaired) electrons. The van der Waals surface area contributed by atoms with Gasteiger partial charge in [-0.3, -0.25) is 0 Å². The van der Waals surface area contributed by atoms with Crippen molar-refractivity contribution in [1.29, 1.82) is 0 Å². The van der Waals surface area contributed by atoms with E-state index in [-0.39, 0.29) is 16.8 Å². The highest BCUT2D eigenvalue weighted by Crippen LogP contribution is 2.31. The molecule has 96 valence electrons. The second-order valence-electron chi connectivity index (χ2n) is 4.01. The molecule has 18 heavy (non-hydrogen) atoms. The number of aromatic hydroxyl groups is 1. The number of phenolic OH excluding ortho intramolecular Hbond substituents is 1. The summed E-state index contributed by atoms with van der Waals surface area (Å²) in [5.74, 6) is 0.892. The van der Waals surface area contributed by atoms with Gasteiger partial charge in [-0.25, -0.2) is 0 Å². The largest absolute Gasteiger partial charge is 0.506 e. The zero-order valence-corrected chi connectivity index (χ0v) is 11.3. The lowest BCUT2D eigenvalue weighted by Gasteiger charge is -2.13. The average molecular weight is 286 g/mol. The summed E-state index contributed by atoms with van der Waals surface area (Å²) in [5.41, 5.74) is 0.658. The van der Waals surface area contributed by atoms with E-state index in [4.69, 9.17) is 27.6 Å². The highest BCUT2D eigenvalue weighted by Gasteiger charge is 2.11. The standard InChI is InChI=1S/C13H13Cl2NO2/c1-8(12-3-2-4-18-12)16-7-9-5-10(14)6-11(15)13(9)17/h2-6,8,16-17H,7H2,1H3. The number of hydrogen-bond acceptors (Lipinski definition) is 3. The Morgan fingerprint density at radius 3 is 2.83 bits per heavy atom. The van der Waals surface area contributed by atoms with Crippen LogP contribution < -0.4 is 5.32 Å². The first-order valence-corrected chi connectivity index (χ1v) is 6.27. The molecule has 2 N–H and O–H groups in total. The minimum absolute atomic E-state index is 0.0390. The first-order chi connectivity index (χ1) is 8.58. The molecular weight excluding hydrogens is 273 g/mol. The Bertz CT molecular complexity index is 526. The van der Waals surface area contributed by atoms with Crippen molar-refractivity contribution in [1.82, 2.24) is 5.32 Å². The van der Waals surface area contributed by atoms with Crippen molar-refractivity contribution < 1.29 is 9.52 Å². The van der Waals surface area contributed by atoms with Crippen LogP contribution in [-0.4, -0.2) is 5.11 Å². The molecule has 3 nitrogen and oxygen atoms in total. The molecule has 0 aliphatic heterocycles. The normalized spacial score (nSPS) is 12.6. The van der Waals surface area contributed by atoms with Crippen molar-refractivity contribution in [2.24, 2.45) is 0 Å². The zero-order valence-electron chi connectivity index (χ0n) is 9.78. The molecule has 0 saturated heterocycles. The Hall–Kier alpha value is -1.16. The van der Waals surface area contributed by atoms with Gasteiger partial charge in [0.05, 0.1) is 17.3 Å². The quantitative estimate of drug-likeness (QED) is 0.887. The summed E-state index contributed by atoms with van der Waals surface area (Å²) in [7, 11) is 0. The Labute approximate surface area is 115 Å². The highest BCUT2D eigenvalue weighted by atomic mass is 35.5.